The van der Waals surface area contributed by atoms with Crippen molar-refractivity contribution in [3.05, 3.63) is 56.9 Å². The predicted octanol–water partition coefficient (Wildman–Crippen LogP) is 3.11. The Balaban J connectivity index is 2.01. The zero-order chi connectivity index (χ0) is 20.7. The van der Waals surface area contributed by atoms with Crippen LogP contribution in [0.3, 0.4) is 0 Å². The average molecular weight is 393 g/mol. The zero-order valence-electron chi connectivity index (χ0n) is 17.5. The highest BCUT2D eigenvalue weighted by Crippen LogP contribution is 2.26. The van der Waals surface area contributed by atoms with Gasteiger partial charge in [0.2, 0.25) is 5.78 Å². The zero-order valence-corrected chi connectivity index (χ0v) is 17.5. The second-order valence-electron chi connectivity index (χ2n) is 7.58. The van der Waals surface area contributed by atoms with Crippen LogP contribution in [-0.2, 0) is 27.1 Å². The van der Waals surface area contributed by atoms with Crippen molar-refractivity contribution in [1.29, 1.82) is 0 Å². The lowest BCUT2D eigenvalue weighted by Crippen LogP contribution is -2.37. The molecule has 4 rings (SSSR count). The lowest BCUT2D eigenvalue weighted by Gasteiger charge is -2.09. The monoisotopic (exact) mass is 393 g/mol. The van der Waals surface area contributed by atoms with Crippen LogP contribution in [-0.4, -0.2) is 23.1 Å². The topological polar surface area (TPSA) is 66.2 Å². The van der Waals surface area contributed by atoms with E-state index < -0.39 is 0 Å². The molecule has 0 aliphatic carbocycles. The summed E-state index contributed by atoms with van der Waals surface area (Å²) in [6.45, 7) is 5.13. The van der Waals surface area contributed by atoms with E-state index in [1.54, 1.807) is 7.05 Å². The molecule has 0 radical (unpaired) electrons. The number of aromatic nitrogens is 5. The van der Waals surface area contributed by atoms with Crippen LogP contribution < -0.4 is 11.2 Å². The summed E-state index contributed by atoms with van der Waals surface area (Å²) in [6.07, 6.45) is 6.25. The van der Waals surface area contributed by atoms with Gasteiger partial charge in [-0.1, -0.05) is 51.0 Å². The minimum absolute atomic E-state index is 0.325. The first-order valence-corrected chi connectivity index (χ1v) is 10.2. The number of rotatable bonds is 6. The summed E-state index contributed by atoms with van der Waals surface area (Å²) in [5.74, 6) is 0.698. The van der Waals surface area contributed by atoms with E-state index in [9.17, 15) is 9.59 Å². The first-order chi connectivity index (χ1) is 14.0. The molecule has 0 fully saturated rings. The Morgan fingerprint density at radius 3 is 2.34 bits per heavy atom. The number of nitrogens with zero attached hydrogens (tertiary/aromatic N) is 5. The summed E-state index contributed by atoms with van der Waals surface area (Å²) >= 11 is 0. The molecule has 0 unspecified atom stereocenters. The van der Waals surface area contributed by atoms with E-state index in [2.05, 4.69) is 42.7 Å². The van der Waals surface area contributed by atoms with Gasteiger partial charge in [0, 0.05) is 26.8 Å². The van der Waals surface area contributed by atoms with Gasteiger partial charge >= 0.3 is 5.69 Å². The lowest BCUT2D eigenvalue weighted by atomic mass is 10.1. The molecule has 1 aromatic carbocycles. The van der Waals surface area contributed by atoms with Crippen LogP contribution in [0, 0.1) is 0 Å². The van der Waals surface area contributed by atoms with Crippen molar-refractivity contribution >= 4 is 16.9 Å². The Hall–Kier alpha value is -3.09. The van der Waals surface area contributed by atoms with Gasteiger partial charge in [0.05, 0.1) is 5.69 Å². The van der Waals surface area contributed by atoms with Crippen molar-refractivity contribution in [2.75, 3.05) is 0 Å². The van der Waals surface area contributed by atoms with Gasteiger partial charge in [-0.05, 0) is 24.0 Å². The Kier molecular flexibility index (Phi) is 4.90. The maximum Gasteiger partial charge on any atom is 0.332 e. The molecule has 0 saturated heterocycles. The molecule has 0 spiro atoms. The second kappa shape index (κ2) is 7.39. The maximum absolute atomic E-state index is 12.9. The average Bonchev–Trinajstić information content (AvgIpc) is 3.28. The Bertz CT molecular complexity index is 1300. The number of aryl methyl sites for hydroxylation is 3. The molecule has 0 amide bonds. The molecule has 3 heterocycles. The van der Waals surface area contributed by atoms with Crippen LogP contribution in [0.1, 0.15) is 38.7 Å². The highest BCUT2D eigenvalue weighted by atomic mass is 16.2. The molecule has 7 heteroatoms. The number of hydrogen-bond donors (Lipinski definition) is 0. The van der Waals surface area contributed by atoms with Gasteiger partial charge in [0.1, 0.15) is 0 Å². The molecule has 0 N–H and O–H groups in total. The van der Waals surface area contributed by atoms with Crippen LogP contribution in [0.4, 0.5) is 0 Å². The summed E-state index contributed by atoms with van der Waals surface area (Å²) in [6, 6.07) is 8.53. The molecule has 29 heavy (non-hydrogen) atoms. The summed E-state index contributed by atoms with van der Waals surface area (Å²) in [7, 11) is 3.16. The number of unbranched alkanes of at least 4 members (excludes halogenated alkanes) is 2. The molecule has 0 aliphatic heterocycles. The molecule has 0 bridgehead atoms. The fourth-order valence-corrected chi connectivity index (χ4v) is 3.90. The largest absolute Gasteiger partial charge is 0.332 e. The van der Waals surface area contributed by atoms with Gasteiger partial charge < -0.3 is 4.57 Å². The van der Waals surface area contributed by atoms with Gasteiger partial charge in [0.15, 0.2) is 11.2 Å². The number of fused-ring (bicyclic) bond motifs is 3. The molecule has 0 atom stereocenters. The second-order valence-corrected chi connectivity index (χ2v) is 7.58. The Morgan fingerprint density at radius 2 is 1.69 bits per heavy atom. The minimum atomic E-state index is -0.365. The molecule has 3 aromatic heterocycles. The Labute approximate surface area is 168 Å². The molecule has 0 aliphatic rings. The first-order valence-electron chi connectivity index (χ1n) is 10.2. The lowest BCUT2D eigenvalue weighted by molar-refractivity contribution is 0.615. The summed E-state index contributed by atoms with van der Waals surface area (Å²) in [5.41, 5.74) is 3.58. The standard InChI is InChI=1S/C22H27N5O2/c1-5-7-8-13-26-17(16-11-9-15(6-2)10-12-16)14-27-18-19(23-21(26)27)24(3)22(29)25(4)20(18)28/h9-12,14H,5-8,13H2,1-4H3. The van der Waals surface area contributed by atoms with E-state index in [4.69, 9.17) is 4.98 Å². The van der Waals surface area contributed by atoms with Crippen LogP contribution in [0.25, 0.3) is 28.2 Å². The molecule has 4 aromatic rings. The van der Waals surface area contributed by atoms with Crippen molar-refractivity contribution in [1.82, 2.24) is 23.1 Å². The van der Waals surface area contributed by atoms with Gasteiger partial charge in [-0.15, -0.1) is 0 Å². The molecule has 152 valence electrons. The third-order valence-corrected chi connectivity index (χ3v) is 5.70. The maximum atomic E-state index is 12.9. The molecular weight excluding hydrogens is 366 g/mol. The normalized spacial score (nSPS) is 11.7. The molecule has 7 nitrogen and oxygen atoms in total. The number of hydrogen-bond acceptors (Lipinski definition) is 3. The smallest absolute Gasteiger partial charge is 0.310 e. The highest BCUT2D eigenvalue weighted by molar-refractivity contribution is 5.78. The third kappa shape index (κ3) is 3.01. The van der Waals surface area contributed by atoms with Crippen LogP contribution in [0.2, 0.25) is 0 Å². The van der Waals surface area contributed by atoms with Gasteiger partial charge in [0.25, 0.3) is 5.56 Å². The summed E-state index contributed by atoms with van der Waals surface area (Å²) in [5, 5.41) is 0. The van der Waals surface area contributed by atoms with E-state index in [-0.39, 0.29) is 11.2 Å². The third-order valence-electron chi connectivity index (χ3n) is 5.70. The minimum Gasteiger partial charge on any atom is -0.310 e. The van der Waals surface area contributed by atoms with E-state index in [1.165, 1.54) is 17.2 Å². The molecule has 0 saturated carbocycles. The van der Waals surface area contributed by atoms with E-state index in [1.807, 2.05) is 10.6 Å². The summed E-state index contributed by atoms with van der Waals surface area (Å²) in [4.78, 5) is 29.9. The van der Waals surface area contributed by atoms with Crippen LogP contribution in [0.5, 0.6) is 0 Å². The van der Waals surface area contributed by atoms with Crippen LogP contribution in [0.15, 0.2) is 40.1 Å². The molecular formula is C22H27N5O2. The van der Waals surface area contributed by atoms with E-state index >= 15 is 0 Å². The number of benzene rings is 1. The van der Waals surface area contributed by atoms with Gasteiger partial charge in [-0.3, -0.25) is 18.3 Å². The quantitative estimate of drug-likeness (QED) is 0.473. The van der Waals surface area contributed by atoms with Crippen molar-refractivity contribution in [3.63, 3.8) is 0 Å². The van der Waals surface area contributed by atoms with Crippen molar-refractivity contribution in [2.24, 2.45) is 14.1 Å². The Morgan fingerprint density at radius 1 is 0.966 bits per heavy atom. The van der Waals surface area contributed by atoms with Crippen molar-refractivity contribution in [3.8, 4) is 11.3 Å². The van der Waals surface area contributed by atoms with Crippen LogP contribution >= 0.6 is 0 Å². The predicted molar refractivity (Wildman–Crippen MR) is 116 cm³/mol. The summed E-state index contributed by atoms with van der Waals surface area (Å²) < 4.78 is 6.59. The highest BCUT2D eigenvalue weighted by Gasteiger charge is 2.20. The van der Waals surface area contributed by atoms with Gasteiger partial charge in [-0.25, -0.2) is 4.79 Å². The number of imidazole rings is 2. The van der Waals surface area contributed by atoms with E-state index in [0.717, 1.165) is 48.1 Å². The SMILES string of the molecule is CCCCCn1c(-c2ccc(CC)cc2)cn2c3c(=O)n(C)c(=O)n(C)c3nc12. The first kappa shape index (κ1) is 19.2. The van der Waals surface area contributed by atoms with Gasteiger partial charge in [-0.2, -0.15) is 4.98 Å². The fourth-order valence-electron chi connectivity index (χ4n) is 3.90. The van der Waals surface area contributed by atoms with Crippen molar-refractivity contribution in [2.45, 2.75) is 46.1 Å². The fraction of sp³-hybridized carbons (Fsp3) is 0.409. The van der Waals surface area contributed by atoms with E-state index in [0.29, 0.717) is 16.9 Å². The van der Waals surface area contributed by atoms with Crippen molar-refractivity contribution < 1.29 is 0 Å².